The molecule has 1 fully saturated rings. The standard InChI is InChI=1S/C23H25N5O2/c29-22(20-8-2-1-3-9-20)26-12-6-13-27(16-15-26)23(30)24-18-19-7-4-10-21(17-19)28-14-5-11-25-28/h1-5,7-11,14,17H,6,12-13,15-16,18H2,(H,24,30). The third kappa shape index (κ3) is 4.68. The second kappa shape index (κ2) is 9.26. The van der Waals surface area contributed by atoms with Crippen molar-refractivity contribution < 1.29 is 9.59 Å². The van der Waals surface area contributed by atoms with Gasteiger partial charge in [-0.25, -0.2) is 9.48 Å². The van der Waals surface area contributed by atoms with Gasteiger partial charge in [0.1, 0.15) is 0 Å². The quantitative estimate of drug-likeness (QED) is 0.728. The molecule has 30 heavy (non-hydrogen) atoms. The molecule has 3 amide bonds. The molecular formula is C23H25N5O2. The molecule has 1 N–H and O–H groups in total. The van der Waals surface area contributed by atoms with Crippen molar-refractivity contribution >= 4 is 11.9 Å². The van der Waals surface area contributed by atoms with E-state index in [-0.39, 0.29) is 11.9 Å². The number of rotatable bonds is 4. The van der Waals surface area contributed by atoms with Crippen molar-refractivity contribution in [2.45, 2.75) is 13.0 Å². The molecule has 0 saturated carbocycles. The lowest BCUT2D eigenvalue weighted by Gasteiger charge is -2.22. The van der Waals surface area contributed by atoms with E-state index in [9.17, 15) is 9.59 Å². The van der Waals surface area contributed by atoms with Gasteiger partial charge in [-0.2, -0.15) is 5.10 Å². The summed E-state index contributed by atoms with van der Waals surface area (Å²) in [4.78, 5) is 29.0. The van der Waals surface area contributed by atoms with Crippen LogP contribution in [-0.4, -0.2) is 57.7 Å². The van der Waals surface area contributed by atoms with Crippen LogP contribution in [0.4, 0.5) is 4.79 Å². The number of hydrogen-bond acceptors (Lipinski definition) is 3. The molecule has 0 aliphatic carbocycles. The van der Waals surface area contributed by atoms with Crippen molar-refractivity contribution in [2.24, 2.45) is 0 Å². The maximum absolute atomic E-state index is 12.7. The predicted molar refractivity (Wildman–Crippen MR) is 114 cm³/mol. The minimum absolute atomic E-state index is 0.0216. The molecule has 1 saturated heterocycles. The summed E-state index contributed by atoms with van der Waals surface area (Å²) in [6.45, 7) is 2.80. The van der Waals surface area contributed by atoms with E-state index in [1.165, 1.54) is 0 Å². The normalized spacial score (nSPS) is 14.3. The number of nitrogens with one attached hydrogen (secondary N) is 1. The van der Waals surface area contributed by atoms with Crippen molar-refractivity contribution in [1.82, 2.24) is 24.9 Å². The van der Waals surface area contributed by atoms with Gasteiger partial charge in [0, 0.05) is 50.7 Å². The molecule has 0 radical (unpaired) electrons. The molecule has 0 spiro atoms. The number of nitrogens with zero attached hydrogens (tertiary/aromatic N) is 4. The molecule has 1 aliphatic rings. The lowest BCUT2D eigenvalue weighted by Crippen LogP contribution is -2.42. The fourth-order valence-electron chi connectivity index (χ4n) is 3.61. The molecule has 0 atom stereocenters. The van der Waals surface area contributed by atoms with Gasteiger partial charge in [-0.15, -0.1) is 0 Å². The number of hydrogen-bond donors (Lipinski definition) is 1. The lowest BCUT2D eigenvalue weighted by atomic mass is 10.2. The van der Waals surface area contributed by atoms with Crippen molar-refractivity contribution in [1.29, 1.82) is 0 Å². The van der Waals surface area contributed by atoms with Crippen LogP contribution in [0.25, 0.3) is 5.69 Å². The van der Waals surface area contributed by atoms with Crippen LogP contribution in [0.15, 0.2) is 73.1 Å². The molecular weight excluding hydrogens is 378 g/mol. The molecule has 4 rings (SSSR count). The van der Waals surface area contributed by atoms with E-state index in [4.69, 9.17) is 0 Å². The summed E-state index contributed by atoms with van der Waals surface area (Å²) in [6.07, 6.45) is 4.39. The van der Waals surface area contributed by atoms with E-state index in [0.29, 0.717) is 38.3 Å². The lowest BCUT2D eigenvalue weighted by molar-refractivity contribution is 0.0762. The average molecular weight is 403 g/mol. The molecule has 0 bridgehead atoms. The molecule has 1 aliphatic heterocycles. The zero-order valence-corrected chi connectivity index (χ0v) is 16.8. The van der Waals surface area contributed by atoms with E-state index >= 15 is 0 Å². The SMILES string of the molecule is O=C(NCc1cccc(-n2cccn2)c1)N1CCCN(C(=O)c2ccccc2)CC1. The number of amides is 3. The first kappa shape index (κ1) is 19.7. The Morgan fingerprint density at radius 3 is 2.50 bits per heavy atom. The first-order chi connectivity index (χ1) is 14.7. The van der Waals surface area contributed by atoms with Gasteiger partial charge in [0.25, 0.3) is 5.91 Å². The minimum Gasteiger partial charge on any atom is -0.337 e. The van der Waals surface area contributed by atoms with E-state index < -0.39 is 0 Å². The monoisotopic (exact) mass is 403 g/mol. The van der Waals surface area contributed by atoms with Crippen molar-refractivity contribution in [3.8, 4) is 5.69 Å². The summed E-state index contributed by atoms with van der Waals surface area (Å²) in [5, 5.41) is 7.24. The molecule has 2 aromatic carbocycles. The highest BCUT2D eigenvalue weighted by molar-refractivity contribution is 5.94. The largest absolute Gasteiger partial charge is 0.337 e. The summed E-state index contributed by atoms with van der Waals surface area (Å²) in [6, 6.07) is 19.0. The van der Waals surface area contributed by atoms with Crippen LogP contribution in [0, 0.1) is 0 Å². The molecule has 1 aromatic heterocycles. The highest BCUT2D eigenvalue weighted by Crippen LogP contribution is 2.11. The molecule has 154 valence electrons. The number of urea groups is 1. The molecule has 3 aromatic rings. The summed E-state index contributed by atoms with van der Waals surface area (Å²) in [5.41, 5.74) is 2.65. The number of carbonyl (C=O) groups is 2. The topological polar surface area (TPSA) is 70.5 Å². The van der Waals surface area contributed by atoms with Crippen LogP contribution in [-0.2, 0) is 6.54 Å². The van der Waals surface area contributed by atoms with Gasteiger partial charge in [-0.1, -0.05) is 30.3 Å². The zero-order valence-electron chi connectivity index (χ0n) is 16.8. The van der Waals surface area contributed by atoms with Gasteiger partial charge < -0.3 is 15.1 Å². The second-order valence-electron chi connectivity index (χ2n) is 7.28. The Morgan fingerprint density at radius 2 is 1.70 bits per heavy atom. The molecule has 0 unspecified atom stereocenters. The smallest absolute Gasteiger partial charge is 0.317 e. The Bertz CT molecular complexity index is 988. The van der Waals surface area contributed by atoms with E-state index in [0.717, 1.165) is 17.7 Å². The van der Waals surface area contributed by atoms with Crippen LogP contribution >= 0.6 is 0 Å². The van der Waals surface area contributed by atoms with Gasteiger partial charge in [-0.3, -0.25) is 4.79 Å². The van der Waals surface area contributed by atoms with Crippen LogP contribution in [0.3, 0.4) is 0 Å². The predicted octanol–water partition coefficient (Wildman–Crippen LogP) is 2.93. The zero-order chi connectivity index (χ0) is 20.8. The minimum atomic E-state index is -0.103. The maximum atomic E-state index is 12.7. The Morgan fingerprint density at radius 1 is 0.900 bits per heavy atom. The van der Waals surface area contributed by atoms with Gasteiger partial charge in [0.15, 0.2) is 0 Å². The van der Waals surface area contributed by atoms with Crippen LogP contribution in [0.2, 0.25) is 0 Å². The van der Waals surface area contributed by atoms with Gasteiger partial charge in [0.2, 0.25) is 0 Å². The van der Waals surface area contributed by atoms with Gasteiger partial charge >= 0.3 is 6.03 Å². The molecule has 7 heteroatoms. The van der Waals surface area contributed by atoms with Crippen LogP contribution < -0.4 is 5.32 Å². The Hall–Kier alpha value is -3.61. The summed E-state index contributed by atoms with van der Waals surface area (Å²) in [5.74, 6) is 0.0216. The first-order valence-corrected chi connectivity index (χ1v) is 10.2. The van der Waals surface area contributed by atoms with E-state index in [1.807, 2.05) is 71.8 Å². The Labute approximate surface area is 175 Å². The highest BCUT2D eigenvalue weighted by Gasteiger charge is 2.22. The summed E-state index contributed by atoms with van der Waals surface area (Å²) < 4.78 is 1.79. The number of aromatic nitrogens is 2. The number of carbonyl (C=O) groups excluding carboxylic acids is 2. The van der Waals surface area contributed by atoms with Crippen molar-refractivity contribution in [3.63, 3.8) is 0 Å². The van der Waals surface area contributed by atoms with Gasteiger partial charge in [-0.05, 0) is 42.3 Å². The number of benzene rings is 2. The summed E-state index contributed by atoms with van der Waals surface area (Å²) >= 11 is 0. The highest BCUT2D eigenvalue weighted by atomic mass is 16.2. The fourth-order valence-corrected chi connectivity index (χ4v) is 3.61. The third-order valence-electron chi connectivity index (χ3n) is 5.21. The Kier molecular flexibility index (Phi) is 6.08. The van der Waals surface area contributed by atoms with Crippen LogP contribution in [0.5, 0.6) is 0 Å². The van der Waals surface area contributed by atoms with Crippen molar-refractivity contribution in [2.75, 3.05) is 26.2 Å². The fraction of sp³-hybridized carbons (Fsp3) is 0.261. The molecule has 7 nitrogen and oxygen atoms in total. The van der Waals surface area contributed by atoms with E-state index in [2.05, 4.69) is 10.4 Å². The first-order valence-electron chi connectivity index (χ1n) is 10.2. The van der Waals surface area contributed by atoms with Gasteiger partial charge in [0.05, 0.1) is 5.69 Å². The molecule has 2 heterocycles. The maximum Gasteiger partial charge on any atom is 0.317 e. The average Bonchev–Trinajstić information content (AvgIpc) is 3.22. The van der Waals surface area contributed by atoms with Crippen LogP contribution in [0.1, 0.15) is 22.3 Å². The van der Waals surface area contributed by atoms with Crippen molar-refractivity contribution in [3.05, 3.63) is 84.2 Å². The van der Waals surface area contributed by atoms with E-state index in [1.54, 1.807) is 15.8 Å². The second-order valence-corrected chi connectivity index (χ2v) is 7.28. The third-order valence-corrected chi connectivity index (χ3v) is 5.21. The Balaban J connectivity index is 1.31. The summed E-state index contributed by atoms with van der Waals surface area (Å²) in [7, 11) is 0.